The summed E-state index contributed by atoms with van der Waals surface area (Å²) < 4.78 is 11.0. The van der Waals surface area contributed by atoms with Crippen LogP contribution in [-0.2, 0) is 19.7 Å². The second-order valence-corrected chi connectivity index (χ2v) is 10.3. The van der Waals surface area contributed by atoms with Crippen LogP contribution >= 0.6 is 0 Å². The number of esters is 1. The Balaban J connectivity index is 1.38. The largest absolute Gasteiger partial charge is 0.496 e. The molecule has 0 saturated carbocycles. The van der Waals surface area contributed by atoms with Gasteiger partial charge in [0.05, 0.1) is 18.6 Å². The molecule has 0 radical (unpaired) electrons. The number of amides is 2. The number of fused-ring (bicyclic) bond motifs is 1. The van der Waals surface area contributed by atoms with Crippen molar-refractivity contribution in [1.29, 1.82) is 0 Å². The summed E-state index contributed by atoms with van der Waals surface area (Å²) in [5.74, 6) is -0.410. The minimum absolute atomic E-state index is 0.0163. The van der Waals surface area contributed by atoms with E-state index in [-0.39, 0.29) is 36.4 Å². The van der Waals surface area contributed by atoms with E-state index in [1.165, 1.54) is 7.11 Å². The smallest absolute Gasteiger partial charge is 0.321 e. The monoisotopic (exact) mass is 538 g/mol. The Kier molecular flexibility index (Phi) is 8.01. The maximum atomic E-state index is 13.9. The molecule has 7 nitrogen and oxygen atoms in total. The molecule has 5 rings (SSSR count). The first-order valence-corrected chi connectivity index (χ1v) is 13.6. The number of nitrogens with zero attached hydrogens (tertiary/aromatic N) is 1. The number of nitrogens with one attached hydrogen (secondary N) is 1. The van der Waals surface area contributed by atoms with Crippen LogP contribution in [0.3, 0.4) is 0 Å². The van der Waals surface area contributed by atoms with Gasteiger partial charge in [-0.1, -0.05) is 79.4 Å². The van der Waals surface area contributed by atoms with Crippen molar-refractivity contribution in [3.05, 3.63) is 114 Å². The average molecular weight is 539 g/mol. The predicted molar refractivity (Wildman–Crippen MR) is 152 cm³/mol. The lowest BCUT2D eigenvalue weighted by Crippen LogP contribution is -2.45. The third kappa shape index (κ3) is 4.99. The Morgan fingerprint density at radius 3 is 2.50 bits per heavy atom. The molecular formula is C33H34N2O5. The number of ether oxygens (including phenoxy) is 2. The summed E-state index contributed by atoms with van der Waals surface area (Å²) in [7, 11) is 1.54. The molecule has 2 unspecified atom stereocenters. The maximum Gasteiger partial charge on any atom is 0.321 e. The molecule has 0 aromatic heterocycles. The first-order chi connectivity index (χ1) is 19.5. The summed E-state index contributed by atoms with van der Waals surface area (Å²) >= 11 is 0. The summed E-state index contributed by atoms with van der Waals surface area (Å²) in [5.41, 5.74) is 1.97. The highest BCUT2D eigenvalue weighted by molar-refractivity contribution is 5.97. The third-order valence-corrected chi connectivity index (χ3v) is 8.04. The van der Waals surface area contributed by atoms with Crippen LogP contribution in [0.25, 0.3) is 0 Å². The summed E-state index contributed by atoms with van der Waals surface area (Å²) in [6, 6.07) is 24.3. The standard InChI is InChI=1S/C33H34N2O5/c1-3-21-40-32(38)33(23-11-5-4-6-12-23)19-17-26(25-13-7-9-15-28(25)33)31(37)35-20-18-24(22-35)34-30(36)27-14-8-10-16-29(27)39-2/h3-16,24,26H,1,17-22H2,2H3,(H,34,36)/t24?,26-,33?/m1/s1. The summed E-state index contributed by atoms with van der Waals surface area (Å²) in [6.07, 6.45) is 3.18. The molecule has 1 aliphatic heterocycles. The van der Waals surface area contributed by atoms with Gasteiger partial charge in [-0.2, -0.15) is 0 Å². The van der Waals surface area contributed by atoms with Crippen LogP contribution < -0.4 is 10.1 Å². The molecule has 3 aromatic carbocycles. The molecule has 1 N–H and O–H groups in total. The van der Waals surface area contributed by atoms with Gasteiger partial charge in [0.15, 0.2) is 0 Å². The van der Waals surface area contributed by atoms with Crippen molar-refractivity contribution in [2.24, 2.45) is 0 Å². The fourth-order valence-corrected chi connectivity index (χ4v) is 6.10. The van der Waals surface area contributed by atoms with Crippen LogP contribution in [0, 0.1) is 0 Å². The second-order valence-electron chi connectivity index (χ2n) is 10.3. The van der Waals surface area contributed by atoms with Gasteiger partial charge in [-0.15, -0.1) is 0 Å². The molecule has 206 valence electrons. The summed E-state index contributed by atoms with van der Waals surface area (Å²) in [4.78, 5) is 42.3. The molecule has 2 aliphatic rings. The van der Waals surface area contributed by atoms with E-state index in [1.54, 1.807) is 24.3 Å². The van der Waals surface area contributed by atoms with Gasteiger partial charge in [0.2, 0.25) is 5.91 Å². The SMILES string of the molecule is C=CCOC(=O)C1(c2ccccc2)CC[C@@H](C(=O)N2CCC(NC(=O)c3ccccc3OC)C2)c2ccccc21. The van der Waals surface area contributed by atoms with E-state index < -0.39 is 5.41 Å². The van der Waals surface area contributed by atoms with Gasteiger partial charge in [0, 0.05) is 19.1 Å². The van der Waals surface area contributed by atoms with Crippen molar-refractivity contribution in [3.8, 4) is 5.75 Å². The number of likely N-dealkylation sites (tertiary alicyclic amines) is 1. The van der Waals surface area contributed by atoms with Gasteiger partial charge < -0.3 is 19.7 Å². The molecule has 1 aliphatic carbocycles. The number of rotatable bonds is 8. The first kappa shape index (κ1) is 27.2. The van der Waals surface area contributed by atoms with Gasteiger partial charge in [-0.05, 0) is 48.1 Å². The Morgan fingerprint density at radius 2 is 1.73 bits per heavy atom. The van der Waals surface area contributed by atoms with Gasteiger partial charge >= 0.3 is 5.97 Å². The minimum atomic E-state index is -1.01. The Hall–Kier alpha value is -4.39. The highest BCUT2D eigenvalue weighted by Gasteiger charge is 2.50. The van der Waals surface area contributed by atoms with Crippen LogP contribution in [0.15, 0.2) is 91.5 Å². The third-order valence-electron chi connectivity index (χ3n) is 8.04. The second kappa shape index (κ2) is 11.8. The summed E-state index contributed by atoms with van der Waals surface area (Å²) in [6.45, 7) is 4.79. The lowest BCUT2D eigenvalue weighted by Gasteiger charge is -2.41. The van der Waals surface area contributed by atoms with Crippen molar-refractivity contribution in [3.63, 3.8) is 0 Å². The molecule has 1 fully saturated rings. The van der Waals surface area contributed by atoms with Crippen LogP contribution in [-0.4, -0.2) is 55.5 Å². The summed E-state index contributed by atoms with van der Waals surface area (Å²) in [5, 5.41) is 3.06. The normalized spacial score (nSPS) is 21.7. The van der Waals surface area contributed by atoms with E-state index in [0.29, 0.717) is 43.7 Å². The van der Waals surface area contributed by atoms with Crippen molar-refractivity contribution in [2.75, 3.05) is 26.8 Å². The lowest BCUT2D eigenvalue weighted by atomic mass is 9.63. The van der Waals surface area contributed by atoms with E-state index in [2.05, 4.69) is 11.9 Å². The van der Waals surface area contributed by atoms with Crippen molar-refractivity contribution in [1.82, 2.24) is 10.2 Å². The fourth-order valence-electron chi connectivity index (χ4n) is 6.10. The number of benzene rings is 3. The number of hydrogen-bond donors (Lipinski definition) is 1. The van der Waals surface area contributed by atoms with Gasteiger partial charge in [0.25, 0.3) is 5.91 Å². The van der Waals surface area contributed by atoms with Gasteiger partial charge in [0.1, 0.15) is 17.8 Å². The van der Waals surface area contributed by atoms with Crippen LogP contribution in [0.1, 0.15) is 52.2 Å². The van der Waals surface area contributed by atoms with E-state index >= 15 is 0 Å². The zero-order valence-corrected chi connectivity index (χ0v) is 22.7. The van der Waals surface area contributed by atoms with E-state index in [9.17, 15) is 14.4 Å². The van der Waals surface area contributed by atoms with Crippen LogP contribution in [0.2, 0.25) is 0 Å². The highest BCUT2D eigenvalue weighted by Crippen LogP contribution is 2.48. The number of carbonyl (C=O) groups is 3. The zero-order valence-electron chi connectivity index (χ0n) is 22.7. The molecular weight excluding hydrogens is 504 g/mol. The van der Waals surface area contributed by atoms with Crippen LogP contribution in [0.5, 0.6) is 5.75 Å². The topological polar surface area (TPSA) is 84.9 Å². The van der Waals surface area contributed by atoms with E-state index in [4.69, 9.17) is 9.47 Å². The lowest BCUT2D eigenvalue weighted by molar-refractivity contribution is -0.149. The zero-order chi connectivity index (χ0) is 28.1. The number of hydrogen-bond acceptors (Lipinski definition) is 5. The number of methoxy groups -OCH3 is 1. The Labute approximate surface area is 234 Å². The maximum absolute atomic E-state index is 13.9. The molecule has 2 amide bonds. The molecule has 1 saturated heterocycles. The number of carbonyl (C=O) groups excluding carboxylic acids is 3. The van der Waals surface area contributed by atoms with Crippen molar-refractivity contribution < 1.29 is 23.9 Å². The first-order valence-electron chi connectivity index (χ1n) is 13.6. The van der Waals surface area contributed by atoms with E-state index in [1.807, 2.05) is 65.6 Å². The molecule has 0 bridgehead atoms. The molecule has 7 heteroatoms. The van der Waals surface area contributed by atoms with E-state index in [0.717, 1.165) is 16.7 Å². The van der Waals surface area contributed by atoms with Gasteiger partial charge in [-0.25, -0.2) is 0 Å². The highest BCUT2D eigenvalue weighted by atomic mass is 16.5. The fraction of sp³-hybridized carbons (Fsp3) is 0.303. The molecule has 3 atom stereocenters. The quantitative estimate of drug-likeness (QED) is 0.334. The Morgan fingerprint density at radius 1 is 1.00 bits per heavy atom. The van der Waals surface area contributed by atoms with Crippen molar-refractivity contribution >= 4 is 17.8 Å². The average Bonchev–Trinajstić information content (AvgIpc) is 3.47. The van der Waals surface area contributed by atoms with Crippen LogP contribution in [0.4, 0.5) is 0 Å². The van der Waals surface area contributed by atoms with Crippen molar-refractivity contribution in [2.45, 2.75) is 36.6 Å². The molecule has 0 spiro atoms. The Bertz CT molecular complexity index is 1400. The number of para-hydroxylation sites is 1. The van der Waals surface area contributed by atoms with Gasteiger partial charge in [-0.3, -0.25) is 14.4 Å². The molecule has 1 heterocycles. The predicted octanol–water partition coefficient (Wildman–Crippen LogP) is 4.62. The minimum Gasteiger partial charge on any atom is -0.496 e. The molecule has 40 heavy (non-hydrogen) atoms. The molecule has 3 aromatic rings.